The van der Waals surface area contributed by atoms with Gasteiger partial charge in [0.25, 0.3) is 5.56 Å². The summed E-state index contributed by atoms with van der Waals surface area (Å²) in [5, 5.41) is 0. The summed E-state index contributed by atoms with van der Waals surface area (Å²) in [6, 6.07) is 5.84. The normalized spacial score (nSPS) is 10.4. The lowest BCUT2D eigenvalue weighted by Crippen LogP contribution is -2.12. The van der Waals surface area contributed by atoms with Crippen LogP contribution in [0.5, 0.6) is 0 Å². The summed E-state index contributed by atoms with van der Waals surface area (Å²) in [5.74, 6) is 0. The van der Waals surface area contributed by atoms with Crippen molar-refractivity contribution in [3.05, 3.63) is 52.2 Å². The molecular weight excluding hydrogens is 200 g/mol. The highest BCUT2D eigenvalue weighted by Gasteiger charge is 2.06. The number of rotatable bonds is 2. The summed E-state index contributed by atoms with van der Waals surface area (Å²) in [6.45, 7) is 3.86. The Morgan fingerprint density at radius 2 is 2.00 bits per heavy atom. The molecule has 1 N–H and O–H groups in total. The third-order valence-corrected chi connectivity index (χ3v) is 2.65. The van der Waals surface area contributed by atoms with Gasteiger partial charge in [-0.05, 0) is 37.1 Å². The Bertz CT molecular complexity index is 544. The van der Waals surface area contributed by atoms with Crippen LogP contribution < -0.4 is 5.56 Å². The van der Waals surface area contributed by atoms with Crippen molar-refractivity contribution < 1.29 is 0 Å². The molecule has 0 saturated heterocycles. The number of aromatic amines is 1. The number of nitrogens with one attached hydrogen (secondary N) is 1. The van der Waals surface area contributed by atoms with Crippen LogP contribution in [0.2, 0.25) is 0 Å². The van der Waals surface area contributed by atoms with E-state index in [4.69, 9.17) is 0 Å². The molecule has 0 aliphatic carbocycles. The zero-order valence-electron chi connectivity index (χ0n) is 9.45. The molecule has 3 nitrogen and oxygen atoms in total. The smallest absolute Gasteiger partial charge is 0.251 e. The molecule has 2 aromatic rings. The molecule has 0 atom stereocenters. The van der Waals surface area contributed by atoms with E-state index in [-0.39, 0.29) is 5.56 Å². The van der Waals surface area contributed by atoms with Crippen molar-refractivity contribution in [3.63, 3.8) is 0 Å². The molecule has 82 valence electrons. The minimum absolute atomic E-state index is 0.00495. The SMILES string of the molecule is CCc1[nH]c(=O)c(C)cc1-c1ccncc1. The number of hydrogen-bond donors (Lipinski definition) is 1. The van der Waals surface area contributed by atoms with Gasteiger partial charge in [0.2, 0.25) is 0 Å². The molecule has 0 aliphatic heterocycles. The highest BCUT2D eigenvalue weighted by molar-refractivity contribution is 5.65. The van der Waals surface area contributed by atoms with Gasteiger partial charge in [-0.1, -0.05) is 6.92 Å². The van der Waals surface area contributed by atoms with E-state index in [2.05, 4.69) is 9.97 Å². The van der Waals surface area contributed by atoms with Gasteiger partial charge in [0.05, 0.1) is 0 Å². The second-order valence-electron chi connectivity index (χ2n) is 3.76. The first-order valence-corrected chi connectivity index (χ1v) is 5.35. The first kappa shape index (κ1) is 10.6. The van der Waals surface area contributed by atoms with Crippen LogP contribution in [0.1, 0.15) is 18.2 Å². The van der Waals surface area contributed by atoms with Crippen molar-refractivity contribution in [2.24, 2.45) is 0 Å². The lowest BCUT2D eigenvalue weighted by Gasteiger charge is -2.08. The van der Waals surface area contributed by atoms with E-state index in [1.807, 2.05) is 32.0 Å². The predicted octanol–water partition coefficient (Wildman–Crippen LogP) is 2.31. The van der Waals surface area contributed by atoms with Gasteiger partial charge in [-0.25, -0.2) is 0 Å². The van der Waals surface area contributed by atoms with Crippen molar-refractivity contribution in [1.29, 1.82) is 0 Å². The van der Waals surface area contributed by atoms with Gasteiger partial charge in [0.1, 0.15) is 0 Å². The zero-order chi connectivity index (χ0) is 11.5. The summed E-state index contributed by atoms with van der Waals surface area (Å²) in [7, 11) is 0. The van der Waals surface area contributed by atoms with Gasteiger partial charge >= 0.3 is 0 Å². The van der Waals surface area contributed by atoms with Crippen LogP contribution in [0.4, 0.5) is 0 Å². The van der Waals surface area contributed by atoms with Crippen molar-refractivity contribution in [1.82, 2.24) is 9.97 Å². The second kappa shape index (κ2) is 4.31. The molecule has 0 spiro atoms. The lowest BCUT2D eigenvalue weighted by atomic mass is 10.0. The van der Waals surface area contributed by atoms with E-state index in [0.717, 1.165) is 28.8 Å². The quantitative estimate of drug-likeness (QED) is 0.833. The average molecular weight is 214 g/mol. The van der Waals surface area contributed by atoms with Crippen molar-refractivity contribution in [2.45, 2.75) is 20.3 Å². The van der Waals surface area contributed by atoms with E-state index in [1.165, 1.54) is 0 Å². The number of aryl methyl sites for hydroxylation is 2. The molecule has 0 saturated carbocycles. The first-order chi connectivity index (χ1) is 7.72. The Kier molecular flexibility index (Phi) is 2.86. The summed E-state index contributed by atoms with van der Waals surface area (Å²) in [5.41, 5.74) is 3.88. The minimum Gasteiger partial charge on any atom is -0.325 e. The van der Waals surface area contributed by atoms with Crippen LogP contribution in [-0.4, -0.2) is 9.97 Å². The standard InChI is InChI=1S/C13H14N2O/c1-3-12-11(8-9(2)13(16)15-12)10-4-6-14-7-5-10/h4-8H,3H2,1-2H3,(H,15,16). The lowest BCUT2D eigenvalue weighted by molar-refractivity contribution is 1.00. The minimum atomic E-state index is -0.00495. The average Bonchev–Trinajstić information content (AvgIpc) is 2.33. The molecule has 3 heteroatoms. The Labute approximate surface area is 94.2 Å². The van der Waals surface area contributed by atoms with Gasteiger partial charge in [-0.15, -0.1) is 0 Å². The van der Waals surface area contributed by atoms with Crippen LogP contribution in [0.3, 0.4) is 0 Å². The largest absolute Gasteiger partial charge is 0.325 e. The summed E-state index contributed by atoms with van der Waals surface area (Å²) < 4.78 is 0. The topological polar surface area (TPSA) is 45.8 Å². The fourth-order valence-corrected chi connectivity index (χ4v) is 1.74. The molecule has 0 aromatic carbocycles. The first-order valence-electron chi connectivity index (χ1n) is 5.35. The van der Waals surface area contributed by atoms with Crippen molar-refractivity contribution in [3.8, 4) is 11.1 Å². The third kappa shape index (κ3) is 1.89. The molecule has 0 unspecified atom stereocenters. The van der Waals surface area contributed by atoms with Gasteiger partial charge < -0.3 is 4.98 Å². The molecule has 16 heavy (non-hydrogen) atoms. The molecule has 0 aliphatic rings. The van der Waals surface area contributed by atoms with Crippen LogP contribution in [0.25, 0.3) is 11.1 Å². The summed E-state index contributed by atoms with van der Waals surface area (Å²) in [6.07, 6.45) is 4.33. The number of aromatic nitrogens is 2. The Morgan fingerprint density at radius 1 is 1.31 bits per heavy atom. The molecular formula is C13H14N2O. The Balaban J connectivity index is 2.65. The van der Waals surface area contributed by atoms with E-state index in [0.29, 0.717) is 0 Å². The van der Waals surface area contributed by atoms with E-state index < -0.39 is 0 Å². The number of hydrogen-bond acceptors (Lipinski definition) is 2. The summed E-state index contributed by atoms with van der Waals surface area (Å²) in [4.78, 5) is 18.4. The summed E-state index contributed by atoms with van der Waals surface area (Å²) >= 11 is 0. The number of nitrogens with zero attached hydrogens (tertiary/aromatic N) is 1. The van der Waals surface area contributed by atoms with Crippen LogP contribution in [-0.2, 0) is 6.42 Å². The maximum Gasteiger partial charge on any atom is 0.251 e. The van der Waals surface area contributed by atoms with Gasteiger partial charge in [0.15, 0.2) is 0 Å². The highest BCUT2D eigenvalue weighted by Crippen LogP contribution is 2.21. The monoisotopic (exact) mass is 214 g/mol. The van der Waals surface area contributed by atoms with Gasteiger partial charge in [-0.3, -0.25) is 9.78 Å². The van der Waals surface area contributed by atoms with Crippen LogP contribution in [0.15, 0.2) is 35.4 Å². The fourth-order valence-electron chi connectivity index (χ4n) is 1.74. The molecule has 0 fully saturated rings. The molecule has 0 amide bonds. The second-order valence-corrected chi connectivity index (χ2v) is 3.76. The number of H-pyrrole nitrogens is 1. The molecule has 0 bridgehead atoms. The third-order valence-electron chi connectivity index (χ3n) is 2.65. The molecule has 2 aromatic heterocycles. The molecule has 2 rings (SSSR count). The van der Waals surface area contributed by atoms with Crippen molar-refractivity contribution in [2.75, 3.05) is 0 Å². The maximum atomic E-state index is 11.5. The Morgan fingerprint density at radius 3 is 2.62 bits per heavy atom. The zero-order valence-corrected chi connectivity index (χ0v) is 9.45. The van der Waals surface area contributed by atoms with E-state index >= 15 is 0 Å². The Hall–Kier alpha value is -1.90. The molecule has 2 heterocycles. The maximum absolute atomic E-state index is 11.5. The van der Waals surface area contributed by atoms with Crippen LogP contribution >= 0.6 is 0 Å². The van der Waals surface area contributed by atoms with Gasteiger partial charge in [0, 0.05) is 29.2 Å². The van der Waals surface area contributed by atoms with Crippen molar-refractivity contribution >= 4 is 0 Å². The fraction of sp³-hybridized carbons (Fsp3) is 0.231. The van der Waals surface area contributed by atoms with E-state index in [9.17, 15) is 4.79 Å². The van der Waals surface area contributed by atoms with E-state index in [1.54, 1.807) is 12.4 Å². The highest BCUT2D eigenvalue weighted by atomic mass is 16.1. The number of pyridine rings is 2. The van der Waals surface area contributed by atoms with Crippen LogP contribution in [0, 0.1) is 6.92 Å². The van der Waals surface area contributed by atoms with Gasteiger partial charge in [-0.2, -0.15) is 0 Å². The molecule has 0 radical (unpaired) electrons. The predicted molar refractivity (Wildman–Crippen MR) is 64.4 cm³/mol.